The fraction of sp³-hybridized carbons (Fsp3) is 0.300. The molecule has 0 radical (unpaired) electrons. The number of nitrogens with zero attached hydrogens (tertiary/aromatic N) is 2. The van der Waals surface area contributed by atoms with Gasteiger partial charge in [-0.05, 0) is 41.7 Å². The normalized spacial score (nSPS) is 20.3. The molecule has 1 saturated heterocycles. The minimum atomic E-state index is -1.13. The molecule has 31 heavy (non-hydrogen) atoms. The molecule has 2 aliphatic rings. The summed E-state index contributed by atoms with van der Waals surface area (Å²) in [6, 6.07) is 8.27. The number of nitrogens with two attached hydrogens (primary N) is 1. The van der Waals surface area contributed by atoms with Gasteiger partial charge < -0.3 is 16.2 Å². The molecule has 0 bridgehead atoms. The van der Waals surface area contributed by atoms with Crippen molar-refractivity contribution in [1.29, 1.82) is 0 Å². The van der Waals surface area contributed by atoms with E-state index in [0.717, 1.165) is 9.90 Å². The van der Waals surface area contributed by atoms with Gasteiger partial charge in [-0.25, -0.2) is 4.79 Å². The number of aromatic nitrogens is 1. The second-order valence-electron chi connectivity index (χ2n) is 7.16. The van der Waals surface area contributed by atoms with Crippen LogP contribution in [0.3, 0.4) is 0 Å². The third-order valence-electron chi connectivity index (χ3n) is 4.97. The second-order valence-corrected chi connectivity index (χ2v) is 10.3. The Morgan fingerprint density at radius 3 is 2.84 bits per heavy atom. The number of aryl methyl sites for hydroxylation is 1. The van der Waals surface area contributed by atoms with Gasteiger partial charge >= 0.3 is 5.97 Å². The molecule has 2 aromatic rings. The molecule has 0 saturated carbocycles. The first-order chi connectivity index (χ1) is 14.8. The van der Waals surface area contributed by atoms with Crippen molar-refractivity contribution in [1.82, 2.24) is 14.6 Å². The zero-order valence-electron chi connectivity index (χ0n) is 16.5. The largest absolute Gasteiger partial charge is 0.477 e. The Labute approximate surface area is 191 Å². The molecule has 1 fully saturated rings. The summed E-state index contributed by atoms with van der Waals surface area (Å²) in [5.74, 6) is -0.897. The van der Waals surface area contributed by atoms with Crippen LogP contribution in [-0.4, -0.2) is 55.1 Å². The van der Waals surface area contributed by atoms with E-state index >= 15 is 0 Å². The van der Waals surface area contributed by atoms with Crippen LogP contribution in [0, 0.1) is 6.92 Å². The lowest BCUT2D eigenvalue weighted by Gasteiger charge is -2.49. The lowest BCUT2D eigenvalue weighted by Crippen LogP contribution is -2.70. The summed E-state index contributed by atoms with van der Waals surface area (Å²) in [6.45, 7) is 1.91. The lowest BCUT2D eigenvalue weighted by atomic mass is 10.0. The zero-order valence-corrected chi connectivity index (χ0v) is 19.0. The summed E-state index contributed by atoms with van der Waals surface area (Å²) in [7, 11) is 0. The van der Waals surface area contributed by atoms with E-state index in [4.69, 9.17) is 5.73 Å². The molecule has 4 rings (SSSR count). The van der Waals surface area contributed by atoms with Crippen LogP contribution < -0.4 is 11.1 Å². The Morgan fingerprint density at radius 2 is 2.16 bits per heavy atom. The number of carboxylic acid groups (broad SMARTS) is 1. The van der Waals surface area contributed by atoms with Crippen LogP contribution in [0.15, 0.2) is 45.8 Å². The van der Waals surface area contributed by atoms with Crippen molar-refractivity contribution in [3.8, 4) is 0 Å². The predicted octanol–water partition coefficient (Wildman–Crippen LogP) is 2.11. The minimum absolute atomic E-state index is 0.0280. The first-order valence-electron chi connectivity index (χ1n) is 9.44. The molecule has 2 aliphatic heterocycles. The molecule has 2 atom stereocenters. The number of aliphatic carboxylic acids is 1. The summed E-state index contributed by atoms with van der Waals surface area (Å²) in [6.07, 6.45) is 0.0611. The van der Waals surface area contributed by atoms with E-state index in [1.54, 1.807) is 24.3 Å². The number of para-hydroxylation sites is 1. The summed E-state index contributed by atoms with van der Waals surface area (Å²) in [5, 5.41) is 12.1. The maximum absolute atomic E-state index is 12.7. The van der Waals surface area contributed by atoms with Gasteiger partial charge in [0.1, 0.15) is 17.1 Å². The Hall–Kier alpha value is -2.50. The first-order valence-corrected chi connectivity index (χ1v) is 12.2. The zero-order chi connectivity index (χ0) is 22.1. The van der Waals surface area contributed by atoms with Crippen molar-refractivity contribution in [2.24, 2.45) is 0 Å². The Bertz CT molecular complexity index is 1080. The van der Waals surface area contributed by atoms with Gasteiger partial charge in [0.25, 0.3) is 5.91 Å². The smallest absolute Gasteiger partial charge is 0.352 e. The van der Waals surface area contributed by atoms with E-state index in [1.807, 2.05) is 13.0 Å². The van der Waals surface area contributed by atoms with Gasteiger partial charge in [0, 0.05) is 17.2 Å². The molecule has 1 unspecified atom stereocenters. The summed E-state index contributed by atoms with van der Waals surface area (Å²) in [4.78, 5) is 38.4. The van der Waals surface area contributed by atoms with Gasteiger partial charge in [0.15, 0.2) is 0 Å². The van der Waals surface area contributed by atoms with Crippen LogP contribution in [0.4, 0.5) is 5.69 Å². The number of rotatable bonds is 7. The molecule has 162 valence electrons. The van der Waals surface area contributed by atoms with E-state index in [-0.39, 0.29) is 18.0 Å². The number of anilines is 1. The van der Waals surface area contributed by atoms with Gasteiger partial charge in [-0.3, -0.25) is 14.5 Å². The standard InChI is InChI=1S/C20H20N4O4S3/c1-10-6-15(31-23-10)29-8-12-9-30-19-16(18(26)24(19)17(12)20(27)28)22-14(25)7-11-4-2-3-5-13(11)21/h2-6,16,19H,7-9,21H2,1H3,(H,22,25)(H,27,28)/t16?,19-/m0/s1. The number of carbonyl (C=O) groups excluding carboxylic acids is 2. The highest BCUT2D eigenvalue weighted by Crippen LogP contribution is 2.42. The highest BCUT2D eigenvalue weighted by molar-refractivity contribution is 8.01. The monoisotopic (exact) mass is 476 g/mol. The van der Waals surface area contributed by atoms with E-state index in [0.29, 0.717) is 28.3 Å². The van der Waals surface area contributed by atoms with Crippen LogP contribution in [0.2, 0.25) is 0 Å². The molecule has 0 spiro atoms. The minimum Gasteiger partial charge on any atom is -0.477 e. The van der Waals surface area contributed by atoms with Crippen molar-refractivity contribution in [2.45, 2.75) is 29.0 Å². The predicted molar refractivity (Wildman–Crippen MR) is 122 cm³/mol. The maximum Gasteiger partial charge on any atom is 0.352 e. The topological polar surface area (TPSA) is 126 Å². The Balaban J connectivity index is 1.43. The molecule has 4 N–H and O–H groups in total. The number of hydrogen-bond donors (Lipinski definition) is 3. The van der Waals surface area contributed by atoms with Crippen molar-refractivity contribution in [2.75, 3.05) is 17.2 Å². The molecule has 1 aromatic carbocycles. The molecule has 0 aliphatic carbocycles. The fourth-order valence-corrected chi connectivity index (χ4v) is 6.75. The first kappa shape index (κ1) is 21.7. The van der Waals surface area contributed by atoms with Gasteiger partial charge in [-0.15, -0.1) is 23.5 Å². The SMILES string of the molecule is Cc1cc(SCC2=C(C(=O)O)N3C(=O)C(NC(=O)Cc4ccccc4N)[C@@H]3SC2)sn1. The van der Waals surface area contributed by atoms with Crippen LogP contribution in [-0.2, 0) is 20.8 Å². The quantitative estimate of drug-likeness (QED) is 0.315. The number of hydrogen-bond acceptors (Lipinski definition) is 8. The molecule has 2 amide bonds. The highest BCUT2D eigenvalue weighted by atomic mass is 32.2. The number of fused-ring (bicyclic) bond motifs is 1. The third-order valence-corrected chi connectivity index (χ3v) is 8.46. The molecule has 11 heteroatoms. The number of benzene rings is 1. The van der Waals surface area contributed by atoms with Gasteiger partial charge in [-0.1, -0.05) is 18.2 Å². The maximum atomic E-state index is 12.7. The van der Waals surface area contributed by atoms with Crippen LogP contribution in [0.1, 0.15) is 11.3 Å². The number of nitrogen functional groups attached to an aromatic ring is 1. The summed E-state index contributed by atoms with van der Waals surface area (Å²) >= 11 is 4.35. The number of thioether (sulfide) groups is 2. The number of carboxylic acids is 1. The molecule has 8 nitrogen and oxygen atoms in total. The summed E-state index contributed by atoms with van der Waals surface area (Å²) in [5.41, 5.74) is 8.73. The fourth-order valence-electron chi connectivity index (χ4n) is 3.45. The Morgan fingerprint density at radius 1 is 1.39 bits per heavy atom. The van der Waals surface area contributed by atoms with Gasteiger partial charge in [-0.2, -0.15) is 4.37 Å². The number of carbonyl (C=O) groups is 3. The van der Waals surface area contributed by atoms with Crippen molar-refractivity contribution >= 4 is 58.5 Å². The lowest BCUT2D eigenvalue weighted by molar-refractivity contribution is -0.150. The number of β-lactam (4-membered cyclic amide) rings is 1. The van der Waals surface area contributed by atoms with E-state index in [1.165, 1.54) is 40.0 Å². The average Bonchev–Trinajstić information content (AvgIpc) is 3.16. The molecular formula is C20H20N4O4S3. The van der Waals surface area contributed by atoms with E-state index in [9.17, 15) is 19.5 Å². The number of nitrogens with one attached hydrogen (secondary N) is 1. The van der Waals surface area contributed by atoms with Crippen LogP contribution >= 0.6 is 35.1 Å². The van der Waals surface area contributed by atoms with Crippen molar-refractivity contribution in [3.63, 3.8) is 0 Å². The highest BCUT2D eigenvalue weighted by Gasteiger charge is 2.54. The molecule has 3 heterocycles. The van der Waals surface area contributed by atoms with E-state index < -0.39 is 23.3 Å². The van der Waals surface area contributed by atoms with Crippen molar-refractivity contribution in [3.05, 3.63) is 52.9 Å². The number of amides is 2. The third kappa shape index (κ3) is 4.43. The van der Waals surface area contributed by atoms with Gasteiger partial charge in [0.05, 0.1) is 16.3 Å². The van der Waals surface area contributed by atoms with Crippen LogP contribution in [0.5, 0.6) is 0 Å². The van der Waals surface area contributed by atoms with Crippen molar-refractivity contribution < 1.29 is 19.5 Å². The van der Waals surface area contributed by atoms with E-state index in [2.05, 4.69) is 9.69 Å². The average molecular weight is 477 g/mol. The molecule has 1 aromatic heterocycles. The van der Waals surface area contributed by atoms with Crippen LogP contribution in [0.25, 0.3) is 0 Å². The molecular weight excluding hydrogens is 456 g/mol. The Kier molecular flexibility index (Phi) is 6.26. The van der Waals surface area contributed by atoms with Gasteiger partial charge in [0.2, 0.25) is 5.91 Å². The summed E-state index contributed by atoms with van der Waals surface area (Å²) < 4.78 is 5.23. The second kappa shape index (κ2) is 8.93.